The first-order chi connectivity index (χ1) is 9.79. The van der Waals surface area contributed by atoms with E-state index in [9.17, 15) is 8.42 Å². The van der Waals surface area contributed by atoms with E-state index in [0.717, 1.165) is 26.1 Å². The van der Waals surface area contributed by atoms with Gasteiger partial charge in [0.15, 0.2) is 0 Å². The quantitative estimate of drug-likeness (QED) is 0.845. The lowest BCUT2D eigenvalue weighted by Gasteiger charge is -2.53. The molecule has 0 aromatic heterocycles. The van der Waals surface area contributed by atoms with Crippen molar-refractivity contribution in [2.75, 3.05) is 31.1 Å². The molecule has 0 bridgehead atoms. The summed E-state index contributed by atoms with van der Waals surface area (Å²) in [6.07, 6.45) is 7.31. The average molecular weight is 317 g/mol. The third-order valence-electron chi connectivity index (χ3n) is 5.38. The van der Waals surface area contributed by atoms with Gasteiger partial charge in [-0.15, -0.1) is 0 Å². The Kier molecular flexibility index (Phi) is 5.37. The largest absolute Gasteiger partial charge is 0.308 e. The molecule has 0 aromatic carbocycles. The molecule has 1 aliphatic heterocycles. The van der Waals surface area contributed by atoms with Crippen LogP contribution in [0.25, 0.3) is 0 Å². The lowest BCUT2D eigenvalue weighted by molar-refractivity contribution is 0.0111. The second kappa shape index (κ2) is 6.55. The summed E-state index contributed by atoms with van der Waals surface area (Å²) < 4.78 is 23.3. The zero-order chi connectivity index (χ0) is 15.6. The molecule has 1 saturated carbocycles. The Bertz CT molecular complexity index is 439. The zero-order valence-electron chi connectivity index (χ0n) is 14.0. The van der Waals surface area contributed by atoms with Crippen molar-refractivity contribution in [1.29, 1.82) is 0 Å². The van der Waals surface area contributed by atoms with Gasteiger partial charge in [0, 0.05) is 29.9 Å². The van der Waals surface area contributed by atoms with Gasteiger partial charge < -0.3 is 5.32 Å². The lowest BCUT2D eigenvalue weighted by atomic mass is 9.77. The van der Waals surface area contributed by atoms with Gasteiger partial charge >= 0.3 is 0 Å². The minimum Gasteiger partial charge on any atom is -0.308 e. The molecule has 2 rings (SSSR count). The molecule has 1 N–H and O–H groups in total. The fraction of sp³-hybridized carbons (Fsp3) is 1.00. The van der Waals surface area contributed by atoms with Crippen molar-refractivity contribution in [1.82, 2.24) is 10.2 Å². The van der Waals surface area contributed by atoms with E-state index < -0.39 is 9.84 Å². The first-order valence-corrected chi connectivity index (χ1v) is 10.3. The van der Waals surface area contributed by atoms with Crippen molar-refractivity contribution in [3.05, 3.63) is 0 Å². The molecule has 0 unspecified atom stereocenters. The highest BCUT2D eigenvalue weighted by atomic mass is 32.2. The monoisotopic (exact) mass is 316 g/mol. The molecule has 1 heterocycles. The Labute approximate surface area is 130 Å². The van der Waals surface area contributed by atoms with E-state index in [2.05, 4.69) is 24.1 Å². The molecule has 0 aromatic rings. The van der Waals surface area contributed by atoms with E-state index in [1.165, 1.54) is 32.1 Å². The maximum absolute atomic E-state index is 11.7. The Morgan fingerprint density at radius 2 is 1.81 bits per heavy atom. The van der Waals surface area contributed by atoms with Gasteiger partial charge in [0.25, 0.3) is 0 Å². The van der Waals surface area contributed by atoms with Crippen LogP contribution in [0, 0.1) is 0 Å². The summed E-state index contributed by atoms with van der Waals surface area (Å²) in [4.78, 5) is 2.53. The van der Waals surface area contributed by atoms with Gasteiger partial charge in [-0.2, -0.15) is 0 Å². The van der Waals surface area contributed by atoms with Crippen molar-refractivity contribution in [2.24, 2.45) is 0 Å². The molecule has 4 nitrogen and oxygen atoms in total. The van der Waals surface area contributed by atoms with Crippen LogP contribution >= 0.6 is 0 Å². The summed E-state index contributed by atoms with van der Waals surface area (Å²) in [5.41, 5.74) is 0.413. The fourth-order valence-corrected chi connectivity index (χ4v) is 4.57. The predicted molar refractivity (Wildman–Crippen MR) is 88.4 cm³/mol. The van der Waals surface area contributed by atoms with E-state index in [4.69, 9.17) is 0 Å². The van der Waals surface area contributed by atoms with E-state index in [-0.39, 0.29) is 16.8 Å². The van der Waals surface area contributed by atoms with E-state index in [1.807, 2.05) is 0 Å². The van der Waals surface area contributed by atoms with Gasteiger partial charge in [-0.3, -0.25) is 4.90 Å². The van der Waals surface area contributed by atoms with Crippen LogP contribution in [0.4, 0.5) is 0 Å². The number of nitrogens with one attached hydrogen (secondary N) is 1. The normalized spacial score (nSPS) is 26.0. The number of nitrogens with zero attached hydrogens (tertiary/aromatic N) is 1. The molecule has 1 aliphatic carbocycles. The number of rotatable bonds is 5. The van der Waals surface area contributed by atoms with Crippen molar-refractivity contribution in [3.63, 3.8) is 0 Å². The minimum atomic E-state index is -2.83. The SMILES string of the molecule is CCS(=O)(=O)CCCN1CC2(CCCCC2)NCC1(C)C. The van der Waals surface area contributed by atoms with E-state index in [1.54, 1.807) is 6.92 Å². The van der Waals surface area contributed by atoms with Gasteiger partial charge in [0.1, 0.15) is 9.84 Å². The van der Waals surface area contributed by atoms with Crippen LogP contribution in [0.2, 0.25) is 0 Å². The van der Waals surface area contributed by atoms with Gasteiger partial charge in [0.05, 0.1) is 5.75 Å². The molecule has 1 spiro atoms. The minimum absolute atomic E-state index is 0.124. The summed E-state index contributed by atoms with van der Waals surface area (Å²) in [6.45, 7) is 9.25. The smallest absolute Gasteiger partial charge is 0.150 e. The van der Waals surface area contributed by atoms with Crippen LogP contribution in [-0.2, 0) is 9.84 Å². The first-order valence-electron chi connectivity index (χ1n) is 8.49. The summed E-state index contributed by atoms with van der Waals surface area (Å²) in [7, 11) is -2.83. The number of piperazine rings is 1. The van der Waals surface area contributed by atoms with Crippen LogP contribution in [0.3, 0.4) is 0 Å². The molecule has 0 atom stereocenters. The van der Waals surface area contributed by atoms with Crippen LogP contribution in [0.5, 0.6) is 0 Å². The summed E-state index contributed by atoms with van der Waals surface area (Å²) in [5, 5.41) is 3.81. The van der Waals surface area contributed by atoms with E-state index >= 15 is 0 Å². The Hall–Kier alpha value is -0.130. The van der Waals surface area contributed by atoms with Crippen molar-refractivity contribution < 1.29 is 8.42 Å². The Balaban J connectivity index is 1.94. The molecule has 124 valence electrons. The summed E-state index contributed by atoms with van der Waals surface area (Å²) in [6, 6.07) is 0. The topological polar surface area (TPSA) is 49.4 Å². The van der Waals surface area contributed by atoms with Crippen molar-refractivity contribution in [2.45, 2.75) is 70.4 Å². The highest BCUT2D eigenvalue weighted by Crippen LogP contribution is 2.34. The van der Waals surface area contributed by atoms with Crippen LogP contribution < -0.4 is 5.32 Å². The highest BCUT2D eigenvalue weighted by Gasteiger charge is 2.42. The summed E-state index contributed by atoms with van der Waals surface area (Å²) >= 11 is 0. The standard InChI is InChI=1S/C16H32N2O2S/c1-4-21(19,20)12-8-11-18-14-16(9-6-5-7-10-16)17-13-15(18,2)3/h17H,4-14H2,1-3H3. The van der Waals surface area contributed by atoms with Crippen molar-refractivity contribution in [3.8, 4) is 0 Å². The maximum Gasteiger partial charge on any atom is 0.150 e. The van der Waals surface area contributed by atoms with Gasteiger partial charge in [-0.05, 0) is 39.7 Å². The van der Waals surface area contributed by atoms with Gasteiger partial charge in [-0.25, -0.2) is 8.42 Å². The Morgan fingerprint density at radius 3 is 2.43 bits per heavy atom. The molecular weight excluding hydrogens is 284 g/mol. The molecule has 1 saturated heterocycles. The first kappa shape index (κ1) is 17.2. The second-order valence-corrected chi connectivity index (χ2v) is 9.99. The second-order valence-electron chi connectivity index (χ2n) is 7.52. The van der Waals surface area contributed by atoms with Crippen LogP contribution in [0.1, 0.15) is 59.3 Å². The Morgan fingerprint density at radius 1 is 1.14 bits per heavy atom. The third-order valence-corrected chi connectivity index (χ3v) is 7.17. The molecule has 2 aliphatic rings. The molecule has 0 amide bonds. The molecule has 2 fully saturated rings. The molecule has 5 heteroatoms. The average Bonchev–Trinajstić information content (AvgIpc) is 2.44. The van der Waals surface area contributed by atoms with Gasteiger partial charge in [0.2, 0.25) is 0 Å². The number of sulfone groups is 1. The molecule has 0 radical (unpaired) electrons. The van der Waals surface area contributed by atoms with Gasteiger partial charge in [-0.1, -0.05) is 26.2 Å². The van der Waals surface area contributed by atoms with Crippen LogP contribution in [0.15, 0.2) is 0 Å². The van der Waals surface area contributed by atoms with Crippen molar-refractivity contribution >= 4 is 9.84 Å². The maximum atomic E-state index is 11.7. The third kappa shape index (κ3) is 4.42. The predicted octanol–water partition coefficient (Wildman–Crippen LogP) is 2.20. The summed E-state index contributed by atoms with van der Waals surface area (Å²) in [5.74, 6) is 0.596. The fourth-order valence-electron chi connectivity index (χ4n) is 3.72. The van der Waals surface area contributed by atoms with E-state index in [0.29, 0.717) is 5.75 Å². The van der Waals surface area contributed by atoms with Crippen LogP contribution in [-0.4, -0.2) is 55.5 Å². The lowest BCUT2D eigenvalue weighted by Crippen LogP contribution is -2.68. The number of hydrogen-bond donors (Lipinski definition) is 1. The highest BCUT2D eigenvalue weighted by molar-refractivity contribution is 7.91. The molecular formula is C16H32N2O2S. The number of hydrogen-bond acceptors (Lipinski definition) is 4. The molecule has 21 heavy (non-hydrogen) atoms. The zero-order valence-corrected chi connectivity index (χ0v) is 14.8.